The molecule has 0 N–H and O–H groups in total. The summed E-state index contributed by atoms with van der Waals surface area (Å²) in [4.78, 5) is 4.83. The fourth-order valence-corrected chi connectivity index (χ4v) is 12.7. The van der Waals surface area contributed by atoms with Crippen molar-refractivity contribution in [1.82, 2.24) is 0 Å². The fraction of sp³-hybridized carbons (Fsp3) is 0. The van der Waals surface area contributed by atoms with Gasteiger partial charge in [-0.2, -0.15) is 0 Å². The van der Waals surface area contributed by atoms with Gasteiger partial charge in [0.1, 0.15) is 0 Å². The summed E-state index contributed by atoms with van der Waals surface area (Å²) in [5.41, 5.74) is 20.7. The highest BCUT2D eigenvalue weighted by Crippen LogP contribution is 2.51. The second-order valence-corrected chi connectivity index (χ2v) is 21.6. The van der Waals surface area contributed by atoms with E-state index in [2.05, 4.69) is 350 Å². The maximum absolute atomic E-state index is 2.41. The zero-order chi connectivity index (χ0) is 55.8. The molecule has 0 heterocycles. The van der Waals surface area contributed by atoms with Crippen LogP contribution in [0, 0.1) is 0 Å². The Kier molecular flexibility index (Phi) is 12.9. The Morgan fingerprint density at radius 2 is 0.417 bits per heavy atom. The lowest BCUT2D eigenvalue weighted by Gasteiger charge is -2.28. The van der Waals surface area contributed by atoms with Gasteiger partial charge in [0.05, 0.1) is 0 Å². The minimum Gasteiger partial charge on any atom is -0.310 e. The topological polar surface area (TPSA) is 6.48 Å². The monoisotopic (exact) mass is 1070 g/mol. The molecular weight excluding hydrogens is 1010 g/mol. The van der Waals surface area contributed by atoms with Crippen LogP contribution in [0.2, 0.25) is 0 Å². The van der Waals surface area contributed by atoms with Crippen molar-refractivity contribution >= 4 is 77.2 Å². The molecule has 0 saturated heterocycles. The number of hydrogen-bond donors (Lipinski definition) is 0. The normalized spacial score (nSPS) is 11.3. The molecule has 0 fully saturated rings. The number of anilines is 6. The molecule has 2 heteroatoms. The van der Waals surface area contributed by atoms with Crippen LogP contribution < -0.4 is 9.80 Å². The number of rotatable bonds is 12. The van der Waals surface area contributed by atoms with Crippen LogP contribution in [0.4, 0.5) is 34.1 Å². The molecule has 15 aromatic rings. The molecule has 15 aromatic carbocycles. The summed E-state index contributed by atoms with van der Waals surface area (Å²) in [6, 6.07) is 124. The number of para-hydroxylation sites is 2. The molecule has 84 heavy (non-hydrogen) atoms. The van der Waals surface area contributed by atoms with Crippen LogP contribution in [0.15, 0.2) is 340 Å². The van der Waals surface area contributed by atoms with Gasteiger partial charge in [-0.15, -0.1) is 0 Å². The largest absolute Gasteiger partial charge is 0.310 e. The van der Waals surface area contributed by atoms with Crippen molar-refractivity contribution in [2.24, 2.45) is 0 Å². The summed E-state index contributed by atoms with van der Waals surface area (Å²) < 4.78 is 0. The molecule has 0 atom stereocenters. The summed E-state index contributed by atoms with van der Waals surface area (Å²) >= 11 is 0. The van der Waals surface area contributed by atoms with E-state index in [-0.39, 0.29) is 0 Å². The molecule has 0 amide bonds. The first-order chi connectivity index (χ1) is 41.7. The van der Waals surface area contributed by atoms with E-state index < -0.39 is 0 Å². The third-order valence-electron chi connectivity index (χ3n) is 16.5. The molecule has 0 aliphatic carbocycles. The Labute approximate surface area is 490 Å². The van der Waals surface area contributed by atoms with Gasteiger partial charge < -0.3 is 9.80 Å². The molecular formula is C82H56N2. The Morgan fingerprint density at radius 1 is 0.155 bits per heavy atom. The van der Waals surface area contributed by atoms with Crippen LogP contribution in [-0.4, -0.2) is 0 Å². The molecule has 0 aromatic heterocycles. The lowest BCUT2D eigenvalue weighted by molar-refractivity contribution is 1.29. The molecule has 0 aliphatic rings. The van der Waals surface area contributed by atoms with Gasteiger partial charge in [-0.25, -0.2) is 0 Å². The van der Waals surface area contributed by atoms with E-state index in [1.165, 1.54) is 76.8 Å². The van der Waals surface area contributed by atoms with Crippen LogP contribution in [0.3, 0.4) is 0 Å². The maximum Gasteiger partial charge on any atom is 0.0473 e. The van der Waals surface area contributed by atoms with Gasteiger partial charge in [0.15, 0.2) is 0 Å². The first-order valence-corrected chi connectivity index (χ1v) is 28.9. The molecule has 0 aliphatic heterocycles. The SMILES string of the molecule is c1ccc(-c2cc(-c3ccccc3)cc(N(c3ccccc3)c3ccc4c(ccc5c(-c6ccccc6)c6c(ccc7cc(N(c8ccccc8)c8cc(-c9ccccc9)cc(-c9ccccc9)c8)ccc76)c(-c6ccccc6)c54)c3)c2)cc1. The minimum absolute atomic E-state index is 1.08. The van der Waals surface area contributed by atoms with Crippen molar-refractivity contribution in [2.45, 2.75) is 0 Å². The van der Waals surface area contributed by atoms with Gasteiger partial charge in [-0.3, -0.25) is 0 Å². The number of hydrogen-bond acceptors (Lipinski definition) is 2. The predicted octanol–water partition coefficient (Wildman–Crippen LogP) is 23.2. The van der Waals surface area contributed by atoms with Gasteiger partial charge in [0, 0.05) is 34.1 Å². The van der Waals surface area contributed by atoms with Crippen molar-refractivity contribution in [3.63, 3.8) is 0 Å². The van der Waals surface area contributed by atoms with E-state index in [4.69, 9.17) is 0 Å². The quantitative estimate of drug-likeness (QED) is 0.0889. The van der Waals surface area contributed by atoms with Crippen LogP contribution in [-0.2, 0) is 0 Å². The Hall–Kier alpha value is -11.1. The fourth-order valence-electron chi connectivity index (χ4n) is 12.7. The van der Waals surface area contributed by atoms with E-state index in [1.54, 1.807) is 0 Å². The van der Waals surface area contributed by atoms with Gasteiger partial charge in [0.2, 0.25) is 0 Å². The molecule has 0 radical (unpaired) electrons. The van der Waals surface area contributed by atoms with Gasteiger partial charge in [0.25, 0.3) is 0 Å². The average molecular weight is 1070 g/mol. The molecule has 394 valence electrons. The van der Waals surface area contributed by atoms with Crippen molar-refractivity contribution < 1.29 is 0 Å². The summed E-state index contributed by atoms with van der Waals surface area (Å²) in [6.07, 6.45) is 0. The highest BCUT2D eigenvalue weighted by Gasteiger charge is 2.24. The van der Waals surface area contributed by atoms with Gasteiger partial charge in [-0.05, 0) is 195 Å². The van der Waals surface area contributed by atoms with E-state index >= 15 is 0 Å². The Morgan fingerprint density at radius 3 is 0.714 bits per heavy atom. The van der Waals surface area contributed by atoms with Crippen LogP contribution in [0.25, 0.3) is 110 Å². The highest BCUT2D eigenvalue weighted by molar-refractivity contribution is 6.32. The second kappa shape index (κ2) is 21.8. The highest BCUT2D eigenvalue weighted by atomic mass is 15.1. The van der Waals surface area contributed by atoms with E-state index in [9.17, 15) is 0 Å². The lowest BCUT2D eigenvalue weighted by atomic mass is 9.82. The van der Waals surface area contributed by atoms with Gasteiger partial charge in [-0.1, -0.05) is 255 Å². The smallest absolute Gasteiger partial charge is 0.0473 e. The predicted molar refractivity (Wildman–Crippen MR) is 358 cm³/mol. The van der Waals surface area contributed by atoms with Crippen LogP contribution in [0.1, 0.15) is 0 Å². The van der Waals surface area contributed by atoms with Gasteiger partial charge >= 0.3 is 0 Å². The van der Waals surface area contributed by atoms with Crippen molar-refractivity contribution in [1.29, 1.82) is 0 Å². The van der Waals surface area contributed by atoms with E-state index in [1.807, 2.05) is 0 Å². The molecule has 0 bridgehead atoms. The maximum atomic E-state index is 2.41. The average Bonchev–Trinajstić information content (AvgIpc) is 1.22. The third kappa shape index (κ3) is 9.32. The number of fused-ring (bicyclic) bond motifs is 6. The molecule has 2 nitrogen and oxygen atoms in total. The number of nitrogens with zero attached hydrogens (tertiary/aromatic N) is 2. The first-order valence-electron chi connectivity index (χ1n) is 28.9. The molecule has 0 saturated carbocycles. The van der Waals surface area contributed by atoms with Crippen LogP contribution >= 0.6 is 0 Å². The summed E-state index contributed by atoms with van der Waals surface area (Å²) in [7, 11) is 0. The summed E-state index contributed by atoms with van der Waals surface area (Å²) in [6.45, 7) is 0. The molecule has 15 rings (SSSR count). The van der Waals surface area contributed by atoms with Crippen molar-refractivity contribution in [3.8, 4) is 66.8 Å². The lowest BCUT2D eigenvalue weighted by Crippen LogP contribution is -2.10. The summed E-state index contributed by atoms with van der Waals surface area (Å²) in [5, 5.41) is 9.62. The van der Waals surface area contributed by atoms with Crippen LogP contribution in [0.5, 0.6) is 0 Å². The Bertz CT molecular complexity index is 4410. The summed E-state index contributed by atoms with van der Waals surface area (Å²) in [5.74, 6) is 0. The molecule has 0 spiro atoms. The van der Waals surface area contributed by atoms with Crippen molar-refractivity contribution in [3.05, 3.63) is 340 Å². The van der Waals surface area contributed by atoms with E-state index in [0.717, 1.165) is 67.2 Å². The minimum atomic E-state index is 1.08. The van der Waals surface area contributed by atoms with Crippen molar-refractivity contribution in [2.75, 3.05) is 9.80 Å². The number of benzene rings is 15. The molecule has 0 unspecified atom stereocenters. The van der Waals surface area contributed by atoms with E-state index in [0.29, 0.717) is 0 Å². The first kappa shape index (κ1) is 49.9. The standard InChI is InChI=1S/C82H56N2/c1-9-25-57(26-10-1)65-49-66(58-27-11-2-12-28-58)54-73(53-65)83(69-37-21-7-22-38-69)71-43-47-75-63(51-71)41-45-77-80(62-35-19-6-20-36-62)82-76-48-44-72(52-64(76)42-46-78(82)79(81(75)77)61-33-17-5-18-34-61)84(70-39-23-8-24-40-70)74-55-67(59-29-13-3-14-30-59)50-68(56-74)60-31-15-4-16-32-60/h1-56H. The second-order valence-electron chi connectivity index (χ2n) is 21.6. The third-order valence-corrected chi connectivity index (χ3v) is 16.5. The Balaban J connectivity index is 0.952. The zero-order valence-corrected chi connectivity index (χ0v) is 46.2. The zero-order valence-electron chi connectivity index (χ0n) is 46.2.